The van der Waals surface area contributed by atoms with Gasteiger partial charge < -0.3 is 19.7 Å². The quantitative estimate of drug-likeness (QED) is 0.216. The van der Waals surface area contributed by atoms with Crippen LogP contribution in [0.2, 0.25) is 5.02 Å². The number of nitrogens with one attached hydrogen (secondary N) is 1. The third-order valence-electron chi connectivity index (χ3n) is 7.66. The van der Waals surface area contributed by atoms with Crippen LogP contribution in [-0.2, 0) is 6.54 Å². The van der Waals surface area contributed by atoms with Gasteiger partial charge in [-0.25, -0.2) is 13.8 Å². The first-order chi connectivity index (χ1) is 19.8. The number of rotatable bonds is 9. The fourth-order valence-corrected chi connectivity index (χ4v) is 6.99. The summed E-state index contributed by atoms with van der Waals surface area (Å²) in [5.41, 5.74) is 2.64. The molecule has 0 aliphatic heterocycles. The van der Waals surface area contributed by atoms with E-state index < -0.39 is 11.6 Å². The van der Waals surface area contributed by atoms with Crippen LogP contribution in [0.15, 0.2) is 48.7 Å². The second kappa shape index (κ2) is 12.7. The number of hydrogen-bond acceptors (Lipinski definition) is 6. The van der Waals surface area contributed by atoms with Crippen molar-refractivity contribution in [1.29, 1.82) is 0 Å². The minimum Gasteiger partial charge on any atom is -0.496 e. The molecule has 4 aromatic rings. The van der Waals surface area contributed by atoms with Crippen LogP contribution in [0.25, 0.3) is 21.2 Å². The summed E-state index contributed by atoms with van der Waals surface area (Å²) >= 11 is 7.46. The van der Waals surface area contributed by atoms with Gasteiger partial charge in [-0.3, -0.25) is 4.79 Å². The topological polar surface area (TPSA) is 63.7 Å². The molecule has 10 heteroatoms. The fraction of sp³-hybridized carbons (Fsp3) is 0.355. The van der Waals surface area contributed by atoms with Crippen LogP contribution in [0.4, 0.5) is 8.78 Å². The first kappa shape index (κ1) is 29.2. The zero-order valence-corrected chi connectivity index (χ0v) is 24.7. The van der Waals surface area contributed by atoms with E-state index in [2.05, 4.69) is 10.3 Å². The summed E-state index contributed by atoms with van der Waals surface area (Å²) in [6, 6.07) is 12.0. The van der Waals surface area contributed by atoms with Crippen molar-refractivity contribution in [2.45, 2.75) is 51.2 Å². The lowest BCUT2D eigenvalue weighted by molar-refractivity contribution is 0.0604. The van der Waals surface area contributed by atoms with Crippen LogP contribution < -0.4 is 14.8 Å². The van der Waals surface area contributed by atoms with E-state index >= 15 is 0 Å². The molecule has 0 atom stereocenters. The van der Waals surface area contributed by atoms with Crippen molar-refractivity contribution in [1.82, 2.24) is 15.2 Å². The summed E-state index contributed by atoms with van der Waals surface area (Å²) in [6.45, 7) is 2.65. The zero-order chi connectivity index (χ0) is 29.1. The van der Waals surface area contributed by atoms with Gasteiger partial charge in [0.25, 0.3) is 5.91 Å². The first-order valence-electron chi connectivity index (χ1n) is 13.6. The monoisotopic (exact) mass is 599 g/mol. The fourth-order valence-electron chi connectivity index (χ4n) is 5.49. The molecule has 1 aliphatic rings. The number of pyridine rings is 1. The second-order valence-electron chi connectivity index (χ2n) is 10.0. The predicted octanol–water partition coefficient (Wildman–Crippen LogP) is 7.48. The van der Waals surface area contributed by atoms with Gasteiger partial charge in [-0.1, -0.05) is 17.7 Å². The Labute approximate surface area is 247 Å². The molecule has 41 heavy (non-hydrogen) atoms. The number of thiophene rings is 1. The summed E-state index contributed by atoms with van der Waals surface area (Å²) in [5.74, 6) is -0.446. The number of nitrogens with zero attached hydrogens (tertiary/aromatic N) is 2. The molecule has 0 saturated heterocycles. The summed E-state index contributed by atoms with van der Waals surface area (Å²) in [5, 5.41) is 3.22. The van der Waals surface area contributed by atoms with Gasteiger partial charge in [0, 0.05) is 36.5 Å². The second-order valence-corrected chi connectivity index (χ2v) is 11.4. The number of carbonyl (C=O) groups is 1. The minimum absolute atomic E-state index is 0.0413. The molecule has 216 valence electrons. The van der Waals surface area contributed by atoms with Gasteiger partial charge in [-0.05, 0) is 81.1 Å². The third-order valence-corrected chi connectivity index (χ3v) is 9.34. The number of aromatic nitrogens is 1. The lowest BCUT2D eigenvalue weighted by Crippen LogP contribution is -2.44. The van der Waals surface area contributed by atoms with Crippen LogP contribution in [0, 0.1) is 11.6 Å². The Morgan fingerprint density at radius 1 is 1.10 bits per heavy atom. The smallest absolute Gasteiger partial charge is 0.266 e. The normalized spacial score (nSPS) is 17.0. The maximum absolute atomic E-state index is 14.7. The third kappa shape index (κ3) is 6.03. The molecular weight excluding hydrogens is 568 g/mol. The molecule has 2 aromatic carbocycles. The van der Waals surface area contributed by atoms with Crippen LogP contribution in [-0.4, -0.2) is 48.6 Å². The Balaban J connectivity index is 1.55. The highest BCUT2D eigenvalue weighted by Gasteiger charge is 2.33. The molecule has 1 N–H and O–H groups in total. The molecule has 1 saturated carbocycles. The van der Waals surface area contributed by atoms with Crippen molar-refractivity contribution < 1.29 is 23.0 Å². The van der Waals surface area contributed by atoms with Gasteiger partial charge >= 0.3 is 0 Å². The van der Waals surface area contributed by atoms with E-state index in [4.69, 9.17) is 21.1 Å². The van der Waals surface area contributed by atoms with E-state index in [1.165, 1.54) is 0 Å². The number of methoxy groups -OCH3 is 1. The largest absolute Gasteiger partial charge is 0.496 e. The number of halogens is 3. The highest BCUT2D eigenvalue weighted by molar-refractivity contribution is 7.21. The number of amides is 1. The predicted molar refractivity (Wildman–Crippen MR) is 159 cm³/mol. The van der Waals surface area contributed by atoms with Crippen LogP contribution in [0.3, 0.4) is 0 Å². The van der Waals surface area contributed by atoms with Crippen molar-refractivity contribution in [3.05, 3.63) is 75.8 Å². The minimum atomic E-state index is -0.652. The van der Waals surface area contributed by atoms with Crippen LogP contribution in [0.5, 0.6) is 11.6 Å². The summed E-state index contributed by atoms with van der Waals surface area (Å²) in [7, 11) is 3.54. The molecule has 1 amide bonds. The van der Waals surface area contributed by atoms with Gasteiger partial charge in [0.2, 0.25) is 5.88 Å². The first-order valence-corrected chi connectivity index (χ1v) is 14.8. The number of benzene rings is 2. The molecule has 1 fully saturated rings. The number of fused-ring (bicyclic) bond motifs is 1. The van der Waals surface area contributed by atoms with E-state index in [0.29, 0.717) is 24.3 Å². The van der Waals surface area contributed by atoms with Gasteiger partial charge in [0.05, 0.1) is 28.8 Å². The van der Waals surface area contributed by atoms with E-state index in [1.54, 1.807) is 18.2 Å². The Bertz CT molecular complexity index is 1560. The maximum Gasteiger partial charge on any atom is 0.266 e. The Morgan fingerprint density at radius 2 is 1.83 bits per heavy atom. The molecule has 1 aliphatic carbocycles. The van der Waals surface area contributed by atoms with Gasteiger partial charge in [0.1, 0.15) is 22.3 Å². The number of carbonyl (C=O) groups excluding carboxylic acids is 1. The maximum atomic E-state index is 14.7. The molecule has 2 heterocycles. The summed E-state index contributed by atoms with van der Waals surface area (Å²) < 4.78 is 40.6. The Hall–Kier alpha value is -3.27. The molecule has 0 spiro atoms. The van der Waals surface area contributed by atoms with E-state index in [9.17, 15) is 13.6 Å². The van der Waals surface area contributed by atoms with Crippen molar-refractivity contribution in [2.24, 2.45) is 0 Å². The molecule has 6 nitrogen and oxygen atoms in total. The Morgan fingerprint density at radius 3 is 2.51 bits per heavy atom. The van der Waals surface area contributed by atoms with Crippen LogP contribution in [0.1, 0.15) is 47.8 Å². The van der Waals surface area contributed by atoms with E-state index in [-0.39, 0.29) is 38.5 Å². The van der Waals surface area contributed by atoms with Crippen molar-refractivity contribution in [3.8, 4) is 22.8 Å². The summed E-state index contributed by atoms with van der Waals surface area (Å²) in [6.07, 6.45) is 5.08. The highest BCUT2D eigenvalue weighted by Crippen LogP contribution is 2.40. The van der Waals surface area contributed by atoms with Crippen molar-refractivity contribution in [3.63, 3.8) is 0 Å². The van der Waals surface area contributed by atoms with Gasteiger partial charge in [-0.2, -0.15) is 0 Å². The van der Waals surface area contributed by atoms with Gasteiger partial charge in [-0.15, -0.1) is 11.3 Å². The SMILES string of the molecule is CCOc1cc(-c2ccc(OC)c(CN(C(=O)c3sc4c(F)ccc(F)c4c3Cl)C3CCC(NC)CC3)c2)ccn1. The van der Waals surface area contributed by atoms with Crippen molar-refractivity contribution >= 4 is 38.9 Å². The lowest BCUT2D eigenvalue weighted by atomic mass is 9.89. The summed E-state index contributed by atoms with van der Waals surface area (Å²) in [4.78, 5) is 20.4. The standard InChI is InChI=1S/C31H32ClF2N3O3S/c1-4-40-26-16-19(13-14-36-26)18-5-12-25(39-3)20(15-18)17-37(22-8-6-21(35-2)7-9-22)31(38)30-28(32)27-23(33)10-11-24(34)29(27)41-30/h5,10-16,21-22,35H,4,6-9,17H2,1-3H3. The number of hydrogen-bond donors (Lipinski definition) is 1. The molecule has 0 bridgehead atoms. The zero-order valence-electron chi connectivity index (χ0n) is 23.2. The molecular formula is C31H32ClF2N3O3S. The average molecular weight is 600 g/mol. The number of ether oxygens (including phenoxy) is 2. The molecule has 0 unspecified atom stereocenters. The van der Waals surface area contributed by atoms with E-state index in [1.807, 2.05) is 44.3 Å². The lowest BCUT2D eigenvalue weighted by Gasteiger charge is -2.37. The Kier molecular flexibility index (Phi) is 9.06. The van der Waals surface area contributed by atoms with Crippen molar-refractivity contribution in [2.75, 3.05) is 20.8 Å². The molecule has 5 rings (SSSR count). The molecule has 2 aromatic heterocycles. The average Bonchev–Trinajstić information content (AvgIpc) is 3.36. The van der Waals surface area contributed by atoms with Gasteiger partial charge in [0.15, 0.2) is 0 Å². The molecule has 0 radical (unpaired) electrons. The van der Waals surface area contributed by atoms with Crippen LogP contribution >= 0.6 is 22.9 Å². The highest BCUT2D eigenvalue weighted by atomic mass is 35.5. The van der Waals surface area contributed by atoms with E-state index in [0.717, 1.165) is 65.8 Å².